The Balaban J connectivity index is 0.890. The minimum atomic E-state index is -0.232. The van der Waals surface area contributed by atoms with Gasteiger partial charge in [-0.3, -0.25) is 19.3 Å². The Kier molecular flexibility index (Phi) is 16.1. The zero-order chi connectivity index (χ0) is 55.6. The summed E-state index contributed by atoms with van der Waals surface area (Å²) in [6, 6.07) is 70.2. The fraction of sp³-hybridized carbons (Fsp3) is 0.0909. The van der Waals surface area contributed by atoms with E-state index in [2.05, 4.69) is 20.9 Å². The Bertz CT molecular complexity index is 3480. The Labute approximate surface area is 487 Å². The van der Waals surface area contributed by atoms with Gasteiger partial charge in [0.15, 0.2) is 0 Å². The normalized spacial score (nSPS) is 16.1. The van der Waals surface area contributed by atoms with E-state index < -0.39 is 0 Å². The average molecular weight is 1130 g/mol. The second-order valence-corrected chi connectivity index (χ2v) is 21.9. The first-order chi connectivity index (χ1) is 40.5. The highest BCUT2D eigenvalue weighted by Crippen LogP contribution is 2.36. The predicted octanol–water partition coefficient (Wildman–Crippen LogP) is 11.8. The number of rotatable bonds is 21. The van der Waals surface area contributed by atoms with Crippen LogP contribution in [0, 0.1) is 0 Å². The van der Waals surface area contributed by atoms with Gasteiger partial charge in [0, 0.05) is 39.3 Å². The maximum absolute atomic E-state index is 14.8. The molecule has 0 bridgehead atoms. The van der Waals surface area contributed by atoms with Crippen molar-refractivity contribution in [2.24, 2.45) is 15.3 Å². The molecule has 0 radical (unpaired) electrons. The van der Waals surface area contributed by atoms with Crippen LogP contribution in [0.2, 0.25) is 0 Å². The van der Waals surface area contributed by atoms with Crippen molar-refractivity contribution in [2.75, 3.05) is 54.3 Å². The molecule has 0 aliphatic carbocycles. The highest BCUT2D eigenvalue weighted by molar-refractivity contribution is 7.13. The summed E-state index contributed by atoms with van der Waals surface area (Å²) in [5, 5.41) is 36.7. The summed E-state index contributed by atoms with van der Waals surface area (Å²) < 4.78 is 0. The first-order valence-electron chi connectivity index (χ1n) is 26.9. The molecule has 404 valence electrons. The van der Waals surface area contributed by atoms with E-state index in [1.165, 1.54) is 49.0 Å². The molecule has 3 amide bonds. The number of nitrogens with zero attached hydrogens (tertiary/aromatic N) is 7. The number of thiophene rings is 3. The third kappa shape index (κ3) is 11.3. The maximum Gasteiger partial charge on any atom is 0.283 e. The fourth-order valence-corrected chi connectivity index (χ4v) is 12.2. The van der Waals surface area contributed by atoms with E-state index in [1.54, 1.807) is 0 Å². The van der Waals surface area contributed by atoms with Crippen LogP contribution < -0.4 is 31.0 Å². The van der Waals surface area contributed by atoms with E-state index in [9.17, 15) is 14.4 Å². The molecule has 0 unspecified atom stereocenters. The maximum atomic E-state index is 14.8. The van der Waals surface area contributed by atoms with Gasteiger partial charge in [-0.2, -0.15) is 30.3 Å². The summed E-state index contributed by atoms with van der Waals surface area (Å²) in [6.45, 7) is 2.87. The summed E-state index contributed by atoms with van der Waals surface area (Å²) in [7, 11) is 0. The van der Waals surface area contributed by atoms with Gasteiger partial charge in [0.2, 0.25) is 0 Å². The molecule has 3 N–H and O–H groups in total. The lowest BCUT2D eigenvalue weighted by Gasteiger charge is -2.26. The van der Waals surface area contributed by atoms with E-state index in [-0.39, 0.29) is 17.7 Å². The highest BCUT2D eigenvalue weighted by atomic mass is 32.1. The van der Waals surface area contributed by atoms with Crippen molar-refractivity contribution < 1.29 is 14.4 Å². The van der Waals surface area contributed by atoms with E-state index >= 15 is 0 Å². The van der Waals surface area contributed by atoms with Gasteiger partial charge in [-0.25, -0.2) is 0 Å². The minimum Gasteiger partial charge on any atom is -0.383 e. The molecule has 6 aromatic carbocycles. The lowest BCUT2D eigenvalue weighted by atomic mass is 10.0. The van der Waals surface area contributed by atoms with Gasteiger partial charge in [0.25, 0.3) is 17.7 Å². The van der Waals surface area contributed by atoms with Crippen molar-refractivity contribution in [3.05, 3.63) is 283 Å². The molecule has 82 heavy (non-hydrogen) atoms. The molecule has 6 heterocycles. The Morgan fingerprint density at radius 2 is 0.598 bits per heavy atom. The molecule has 3 aliphatic rings. The molecule has 0 atom stereocenters. The summed E-state index contributed by atoms with van der Waals surface area (Å²) >= 11 is 4.61. The molecular formula is C66H54N10O3S3. The van der Waals surface area contributed by atoms with Crippen LogP contribution in [-0.2, 0) is 14.4 Å². The predicted molar refractivity (Wildman–Crippen MR) is 335 cm³/mol. The molecule has 0 saturated heterocycles. The number of nitrogens with one attached hydrogen (secondary N) is 3. The Morgan fingerprint density at radius 3 is 0.841 bits per heavy atom. The van der Waals surface area contributed by atoms with Gasteiger partial charge in [-0.1, -0.05) is 164 Å². The second kappa shape index (κ2) is 24.8. The Hall–Kier alpha value is -9.58. The van der Waals surface area contributed by atoms with Crippen LogP contribution >= 0.6 is 34.0 Å². The number of carbonyl (C=O) groups excluding carboxylic acids is 3. The number of para-hydroxylation sites is 3. The quantitative estimate of drug-likeness (QED) is 0.0609. The van der Waals surface area contributed by atoms with Crippen molar-refractivity contribution >= 4 is 103 Å². The molecule has 3 aliphatic heterocycles. The number of hydrogen-bond donors (Lipinski definition) is 3. The van der Waals surface area contributed by atoms with Crippen molar-refractivity contribution in [1.29, 1.82) is 0 Å². The van der Waals surface area contributed by atoms with Crippen molar-refractivity contribution in [3.63, 3.8) is 0 Å². The first-order valence-corrected chi connectivity index (χ1v) is 29.5. The van der Waals surface area contributed by atoms with Crippen molar-refractivity contribution in [3.8, 4) is 0 Å². The van der Waals surface area contributed by atoms with E-state index in [4.69, 9.17) is 15.3 Å². The van der Waals surface area contributed by atoms with Crippen LogP contribution in [0.3, 0.4) is 0 Å². The third-order valence-electron chi connectivity index (χ3n) is 13.9. The summed E-state index contributed by atoms with van der Waals surface area (Å²) in [5.74, 6) is -0.695. The standard InChI is InChI=1S/C66H54N10O3S3/c77-64-55(61(52-34-19-43-80-52)70-74(64)49-28-13-4-14-29-49)58(46-22-7-1-8-23-46)67-37-40-73(41-38-68-59(47-24-9-2-10-25-47)56-62(53-35-20-44-81-53)71-75(65(56)78)50-30-15-5-16-31-50)42-39-69-60(48-26-11-3-12-27-48)57-63(54-36-21-45-82-54)72-76(66(57)79)51-32-17-6-18-33-51/h1-36,43-45,67-69H,37-42H2/b58-55+,59-56+,60-57+. The number of anilines is 3. The lowest BCUT2D eigenvalue weighted by molar-refractivity contribution is -0.115. The van der Waals surface area contributed by atoms with Gasteiger partial charge in [0.05, 0.1) is 65.5 Å². The fourth-order valence-electron chi connectivity index (χ4n) is 10.0. The number of amides is 3. The van der Waals surface area contributed by atoms with Crippen molar-refractivity contribution in [2.45, 2.75) is 0 Å². The molecule has 0 spiro atoms. The monoisotopic (exact) mass is 1130 g/mol. The number of hydrazone groups is 3. The SMILES string of the molecule is O=C1/C(=C(/NCCN(CCN/C(=C2/C(=O)N(c3ccccc3)N=C2c2cccs2)c2ccccc2)CCN/C(=C2/C(=O)N(c3ccccc3)N=C2c2cccs2)c2ccccc2)c2ccccc2)C(c2cccs2)=NN1c1ccccc1. The average Bonchev–Trinajstić information content (AvgIpc) is 4.60. The molecule has 0 fully saturated rings. The number of hydrogen-bond acceptors (Lipinski definition) is 13. The molecular weight excluding hydrogens is 1080 g/mol. The molecule has 9 aromatic rings. The van der Waals surface area contributed by atoms with Gasteiger partial charge < -0.3 is 16.0 Å². The van der Waals surface area contributed by atoms with Crippen LogP contribution in [-0.4, -0.2) is 79.0 Å². The zero-order valence-electron chi connectivity index (χ0n) is 44.3. The van der Waals surface area contributed by atoms with Gasteiger partial charge in [-0.15, -0.1) is 34.0 Å². The van der Waals surface area contributed by atoms with Crippen molar-refractivity contribution in [1.82, 2.24) is 20.9 Å². The number of carbonyl (C=O) groups is 3. The van der Waals surface area contributed by atoms with Gasteiger partial charge in [0.1, 0.15) is 17.1 Å². The van der Waals surface area contributed by atoms with Crippen LogP contribution in [0.4, 0.5) is 17.1 Å². The first kappa shape index (κ1) is 53.1. The van der Waals surface area contributed by atoms with Crippen LogP contribution in [0.15, 0.2) is 267 Å². The van der Waals surface area contributed by atoms with E-state index in [0.717, 1.165) is 31.3 Å². The Morgan fingerprint density at radius 1 is 0.341 bits per heavy atom. The topological polar surface area (TPSA) is 137 Å². The number of benzene rings is 6. The van der Waals surface area contributed by atoms with Crippen LogP contribution in [0.25, 0.3) is 17.1 Å². The second-order valence-electron chi connectivity index (χ2n) is 19.1. The summed E-state index contributed by atoms with van der Waals surface area (Å²) in [5.41, 5.74) is 9.81. The molecule has 3 aromatic heterocycles. The smallest absolute Gasteiger partial charge is 0.283 e. The largest absolute Gasteiger partial charge is 0.383 e. The molecule has 12 rings (SSSR count). The van der Waals surface area contributed by atoms with E-state index in [1.807, 2.05) is 235 Å². The molecule has 16 heteroatoms. The lowest BCUT2D eigenvalue weighted by Crippen LogP contribution is -2.41. The zero-order valence-corrected chi connectivity index (χ0v) is 46.8. The molecule has 13 nitrogen and oxygen atoms in total. The highest BCUT2D eigenvalue weighted by Gasteiger charge is 2.39. The summed E-state index contributed by atoms with van der Waals surface area (Å²) in [4.78, 5) is 49.5. The third-order valence-corrected chi connectivity index (χ3v) is 16.6. The van der Waals surface area contributed by atoms with Crippen LogP contribution in [0.5, 0.6) is 0 Å². The van der Waals surface area contributed by atoms with Gasteiger partial charge >= 0.3 is 0 Å². The van der Waals surface area contributed by atoms with E-state index in [0.29, 0.717) is 107 Å². The summed E-state index contributed by atoms with van der Waals surface area (Å²) in [6.07, 6.45) is 0. The molecule has 0 saturated carbocycles. The van der Waals surface area contributed by atoms with Gasteiger partial charge in [-0.05, 0) is 87.4 Å². The van der Waals surface area contributed by atoms with Crippen LogP contribution in [0.1, 0.15) is 31.3 Å². The minimum absolute atomic E-state index is 0.232.